The minimum atomic E-state index is -0.462. The molecule has 1 N–H and O–H groups in total. The lowest BCUT2D eigenvalue weighted by molar-refractivity contribution is -0.384. The number of amides is 1. The van der Waals surface area contributed by atoms with Gasteiger partial charge in [0.2, 0.25) is 5.91 Å². The SMILES string of the molecule is Cc1cccc(C2(c3cccc(C)c3)CC2C(=O)Nc2cccc([N+](=O)[O-])c2)c1. The van der Waals surface area contributed by atoms with Crippen LogP contribution in [-0.2, 0) is 10.2 Å². The predicted molar refractivity (Wildman–Crippen MR) is 113 cm³/mol. The first-order valence-electron chi connectivity index (χ1n) is 9.60. The lowest BCUT2D eigenvalue weighted by Crippen LogP contribution is -2.22. The van der Waals surface area contributed by atoms with E-state index in [1.54, 1.807) is 12.1 Å². The quantitative estimate of drug-likeness (QED) is 0.486. The van der Waals surface area contributed by atoms with Gasteiger partial charge in [0.05, 0.1) is 10.8 Å². The summed E-state index contributed by atoms with van der Waals surface area (Å²) in [6.07, 6.45) is 0.709. The zero-order valence-corrected chi connectivity index (χ0v) is 16.4. The second-order valence-corrected chi connectivity index (χ2v) is 7.76. The molecule has 5 heteroatoms. The van der Waals surface area contributed by atoms with E-state index in [0.29, 0.717) is 12.1 Å². The number of aryl methyl sites for hydroxylation is 2. The van der Waals surface area contributed by atoms with Crippen LogP contribution in [-0.4, -0.2) is 10.8 Å². The topological polar surface area (TPSA) is 72.2 Å². The number of anilines is 1. The van der Waals surface area contributed by atoms with E-state index < -0.39 is 4.92 Å². The van der Waals surface area contributed by atoms with E-state index in [9.17, 15) is 14.9 Å². The molecular weight excluding hydrogens is 364 g/mol. The monoisotopic (exact) mass is 386 g/mol. The van der Waals surface area contributed by atoms with E-state index >= 15 is 0 Å². The Morgan fingerprint density at radius 2 is 1.55 bits per heavy atom. The summed E-state index contributed by atoms with van der Waals surface area (Å²) in [7, 11) is 0. The molecule has 29 heavy (non-hydrogen) atoms. The molecule has 5 nitrogen and oxygen atoms in total. The van der Waals surface area contributed by atoms with Crippen LogP contribution in [0.3, 0.4) is 0 Å². The number of non-ortho nitro benzene ring substituents is 1. The summed E-state index contributed by atoms with van der Waals surface area (Å²) in [5.74, 6) is -0.348. The molecule has 0 radical (unpaired) electrons. The third kappa shape index (κ3) is 3.51. The molecule has 1 aliphatic carbocycles. The molecule has 3 aromatic carbocycles. The first-order chi connectivity index (χ1) is 13.9. The lowest BCUT2D eigenvalue weighted by atomic mass is 9.84. The van der Waals surface area contributed by atoms with Gasteiger partial charge in [-0.1, -0.05) is 65.7 Å². The molecule has 1 amide bonds. The molecule has 1 unspecified atom stereocenters. The summed E-state index contributed by atoms with van der Waals surface area (Å²) in [4.78, 5) is 23.7. The number of nitrogens with zero attached hydrogens (tertiary/aromatic N) is 1. The minimum Gasteiger partial charge on any atom is -0.326 e. The Labute approximate surface area is 169 Å². The van der Waals surface area contributed by atoms with Gasteiger partial charge in [0.15, 0.2) is 0 Å². The third-order valence-corrected chi connectivity index (χ3v) is 5.67. The first-order valence-corrected chi connectivity index (χ1v) is 9.60. The maximum Gasteiger partial charge on any atom is 0.271 e. The molecule has 1 saturated carbocycles. The number of carbonyl (C=O) groups excluding carboxylic acids is 1. The molecule has 1 aliphatic rings. The van der Waals surface area contributed by atoms with Gasteiger partial charge in [-0.3, -0.25) is 14.9 Å². The summed E-state index contributed by atoms with van der Waals surface area (Å²) in [5.41, 5.74) is 4.59. The zero-order valence-electron chi connectivity index (χ0n) is 16.4. The highest BCUT2D eigenvalue weighted by Crippen LogP contribution is 2.59. The number of hydrogen-bond acceptors (Lipinski definition) is 3. The average Bonchev–Trinajstić information content (AvgIpc) is 3.45. The molecule has 0 aromatic heterocycles. The fourth-order valence-corrected chi connectivity index (χ4v) is 4.16. The van der Waals surface area contributed by atoms with Crippen LogP contribution in [0.2, 0.25) is 0 Å². The maximum absolute atomic E-state index is 13.1. The van der Waals surface area contributed by atoms with Crippen molar-refractivity contribution in [1.82, 2.24) is 0 Å². The molecule has 4 rings (SSSR count). The second-order valence-electron chi connectivity index (χ2n) is 7.76. The van der Waals surface area contributed by atoms with Gasteiger partial charge in [-0.2, -0.15) is 0 Å². The van der Waals surface area contributed by atoms with Gasteiger partial charge in [-0.15, -0.1) is 0 Å². The summed E-state index contributed by atoms with van der Waals surface area (Å²) in [5, 5.41) is 13.9. The smallest absolute Gasteiger partial charge is 0.271 e. The molecule has 0 aliphatic heterocycles. The van der Waals surface area contributed by atoms with E-state index in [1.165, 1.54) is 12.1 Å². The number of nitrogens with one attached hydrogen (secondary N) is 1. The van der Waals surface area contributed by atoms with Crippen LogP contribution >= 0.6 is 0 Å². The summed E-state index contributed by atoms with van der Waals surface area (Å²) >= 11 is 0. The maximum atomic E-state index is 13.1. The molecule has 146 valence electrons. The Morgan fingerprint density at radius 3 is 2.10 bits per heavy atom. The molecule has 1 atom stereocenters. The van der Waals surface area contributed by atoms with E-state index in [4.69, 9.17) is 0 Å². The summed E-state index contributed by atoms with van der Waals surface area (Å²) in [6.45, 7) is 4.10. The van der Waals surface area contributed by atoms with Gasteiger partial charge in [-0.05, 0) is 37.5 Å². The average molecular weight is 386 g/mol. The second kappa shape index (κ2) is 7.17. The van der Waals surface area contributed by atoms with Gasteiger partial charge in [0.25, 0.3) is 5.69 Å². The Balaban J connectivity index is 1.68. The van der Waals surface area contributed by atoms with Gasteiger partial charge in [-0.25, -0.2) is 0 Å². The first kappa shape index (κ1) is 18.9. The number of rotatable bonds is 5. The fraction of sp³-hybridized carbons (Fsp3) is 0.208. The summed E-state index contributed by atoms with van der Waals surface area (Å²) < 4.78 is 0. The van der Waals surface area contributed by atoms with Crippen LogP contribution in [0.5, 0.6) is 0 Å². The van der Waals surface area contributed by atoms with Crippen molar-refractivity contribution >= 4 is 17.3 Å². The van der Waals surface area contributed by atoms with E-state index in [2.05, 4.69) is 29.6 Å². The standard InChI is InChI=1S/C24H22N2O3/c1-16-6-3-8-18(12-16)24(19-9-4-7-17(2)13-19)15-22(24)23(27)25-20-10-5-11-21(14-20)26(28)29/h3-14,22H,15H2,1-2H3,(H,25,27). The molecular formula is C24H22N2O3. The minimum absolute atomic E-state index is 0.0396. The van der Waals surface area contributed by atoms with Crippen LogP contribution in [0.4, 0.5) is 11.4 Å². The Hall–Kier alpha value is -3.47. The van der Waals surface area contributed by atoms with Crippen LogP contribution in [0.15, 0.2) is 72.8 Å². The Morgan fingerprint density at radius 1 is 0.966 bits per heavy atom. The highest BCUT2D eigenvalue weighted by Gasteiger charge is 2.60. The van der Waals surface area contributed by atoms with Gasteiger partial charge in [0, 0.05) is 23.2 Å². The molecule has 0 spiro atoms. The van der Waals surface area contributed by atoms with E-state index in [-0.39, 0.29) is 22.9 Å². The van der Waals surface area contributed by atoms with Crippen LogP contribution < -0.4 is 5.32 Å². The number of nitro benzene ring substituents is 1. The van der Waals surface area contributed by atoms with Crippen molar-refractivity contribution < 1.29 is 9.72 Å². The van der Waals surface area contributed by atoms with Crippen molar-refractivity contribution in [2.45, 2.75) is 25.7 Å². The van der Waals surface area contributed by atoms with Gasteiger partial charge < -0.3 is 5.32 Å². The lowest BCUT2D eigenvalue weighted by Gasteiger charge is -2.20. The Bertz CT molecular complexity index is 1060. The van der Waals surface area contributed by atoms with Crippen LogP contribution in [0.1, 0.15) is 28.7 Å². The highest BCUT2D eigenvalue weighted by molar-refractivity contribution is 5.97. The number of carbonyl (C=O) groups is 1. The molecule has 0 heterocycles. The van der Waals surface area contributed by atoms with Gasteiger partial charge in [0.1, 0.15) is 0 Å². The van der Waals surface area contributed by atoms with Crippen molar-refractivity contribution in [3.63, 3.8) is 0 Å². The molecule has 1 fully saturated rings. The zero-order chi connectivity index (χ0) is 20.6. The Kier molecular flexibility index (Phi) is 4.66. The highest BCUT2D eigenvalue weighted by atomic mass is 16.6. The molecule has 0 saturated heterocycles. The van der Waals surface area contributed by atoms with Gasteiger partial charge >= 0.3 is 0 Å². The summed E-state index contributed by atoms with van der Waals surface area (Å²) in [6, 6.07) is 22.6. The van der Waals surface area contributed by atoms with E-state index in [1.807, 2.05) is 38.1 Å². The normalized spacial score (nSPS) is 16.8. The van der Waals surface area contributed by atoms with Crippen molar-refractivity contribution in [2.75, 3.05) is 5.32 Å². The third-order valence-electron chi connectivity index (χ3n) is 5.67. The van der Waals surface area contributed by atoms with Crippen LogP contribution in [0.25, 0.3) is 0 Å². The number of benzene rings is 3. The number of nitro groups is 1. The predicted octanol–water partition coefficient (Wildman–Crippen LogP) is 5.16. The van der Waals surface area contributed by atoms with Crippen molar-refractivity contribution in [1.29, 1.82) is 0 Å². The fourth-order valence-electron chi connectivity index (χ4n) is 4.16. The van der Waals surface area contributed by atoms with E-state index in [0.717, 1.165) is 22.3 Å². The van der Waals surface area contributed by atoms with Crippen molar-refractivity contribution in [3.05, 3.63) is 105 Å². The molecule has 3 aromatic rings. The largest absolute Gasteiger partial charge is 0.326 e. The van der Waals surface area contributed by atoms with Crippen molar-refractivity contribution in [2.24, 2.45) is 5.92 Å². The van der Waals surface area contributed by atoms with Crippen molar-refractivity contribution in [3.8, 4) is 0 Å². The molecule has 0 bridgehead atoms. The van der Waals surface area contributed by atoms with Crippen LogP contribution in [0, 0.1) is 29.9 Å². The number of hydrogen-bond donors (Lipinski definition) is 1.